The van der Waals surface area contributed by atoms with Gasteiger partial charge in [0.2, 0.25) is 10.0 Å². The molecular formula is C15H28N2O4S. The highest BCUT2D eigenvalue weighted by Crippen LogP contribution is 2.30. The molecular weight excluding hydrogens is 304 g/mol. The fourth-order valence-corrected chi connectivity index (χ4v) is 4.30. The molecule has 0 amide bonds. The van der Waals surface area contributed by atoms with Crippen LogP contribution in [0.25, 0.3) is 0 Å². The first kappa shape index (κ1) is 17.8. The topological polar surface area (TPSA) is 66.9 Å². The van der Waals surface area contributed by atoms with Gasteiger partial charge in [0.1, 0.15) is 5.78 Å². The molecule has 128 valence electrons. The zero-order valence-corrected chi connectivity index (χ0v) is 14.5. The van der Waals surface area contributed by atoms with Crippen molar-refractivity contribution in [1.29, 1.82) is 0 Å². The van der Waals surface area contributed by atoms with E-state index in [1.807, 2.05) is 0 Å². The van der Waals surface area contributed by atoms with Crippen molar-refractivity contribution in [1.82, 2.24) is 9.21 Å². The Balaban J connectivity index is 1.90. The Morgan fingerprint density at radius 1 is 1.23 bits per heavy atom. The molecule has 0 saturated carbocycles. The number of carbonyl (C=O) groups is 1. The molecule has 0 aromatic rings. The molecule has 2 atom stereocenters. The zero-order valence-electron chi connectivity index (χ0n) is 13.7. The Hall–Kier alpha value is -0.500. The lowest BCUT2D eigenvalue weighted by Crippen LogP contribution is -2.38. The van der Waals surface area contributed by atoms with E-state index in [2.05, 4.69) is 11.8 Å². The molecule has 0 spiro atoms. The summed E-state index contributed by atoms with van der Waals surface area (Å²) < 4.78 is 30.3. The molecule has 0 aliphatic carbocycles. The highest BCUT2D eigenvalue weighted by Gasteiger charge is 2.39. The average Bonchev–Trinajstić information content (AvgIpc) is 2.90. The SMILES string of the molecule is CCC[C@H]1CN(S(C)(=O)=O)CC1C(=O)CCN1CCOCC1. The van der Waals surface area contributed by atoms with Crippen LogP contribution in [0.1, 0.15) is 26.2 Å². The minimum absolute atomic E-state index is 0.129. The van der Waals surface area contributed by atoms with E-state index in [1.54, 1.807) is 0 Å². The number of hydrogen-bond acceptors (Lipinski definition) is 5. The molecule has 2 aliphatic heterocycles. The van der Waals surface area contributed by atoms with Crippen LogP contribution in [0.5, 0.6) is 0 Å². The first-order valence-corrected chi connectivity index (χ1v) is 10.0. The molecule has 7 heteroatoms. The van der Waals surface area contributed by atoms with E-state index >= 15 is 0 Å². The number of ketones is 1. The van der Waals surface area contributed by atoms with Gasteiger partial charge in [-0.05, 0) is 12.3 Å². The summed E-state index contributed by atoms with van der Waals surface area (Å²) in [5.41, 5.74) is 0. The largest absolute Gasteiger partial charge is 0.379 e. The van der Waals surface area contributed by atoms with Gasteiger partial charge < -0.3 is 4.74 Å². The molecule has 2 heterocycles. The fourth-order valence-electron chi connectivity index (χ4n) is 3.41. The second-order valence-corrected chi connectivity index (χ2v) is 8.39. The lowest BCUT2D eigenvalue weighted by Gasteiger charge is -2.27. The summed E-state index contributed by atoms with van der Waals surface area (Å²) >= 11 is 0. The van der Waals surface area contributed by atoms with Gasteiger partial charge in [-0.25, -0.2) is 12.7 Å². The Kier molecular flexibility index (Phi) is 6.37. The molecule has 0 aromatic heterocycles. The average molecular weight is 332 g/mol. The number of ether oxygens (including phenoxy) is 1. The van der Waals surface area contributed by atoms with Crippen molar-refractivity contribution < 1.29 is 17.9 Å². The van der Waals surface area contributed by atoms with E-state index in [0.29, 0.717) is 19.5 Å². The second kappa shape index (κ2) is 7.86. The summed E-state index contributed by atoms with van der Waals surface area (Å²) in [6.45, 7) is 6.94. The van der Waals surface area contributed by atoms with E-state index in [-0.39, 0.29) is 17.6 Å². The summed E-state index contributed by atoms with van der Waals surface area (Å²) in [5.74, 6) is 0.267. The van der Waals surface area contributed by atoms with Gasteiger partial charge in [0.15, 0.2) is 0 Å². The van der Waals surface area contributed by atoms with Crippen LogP contribution in [-0.2, 0) is 19.6 Å². The van der Waals surface area contributed by atoms with Crippen LogP contribution < -0.4 is 0 Å². The maximum atomic E-state index is 12.6. The Bertz CT molecular complexity index is 474. The second-order valence-electron chi connectivity index (χ2n) is 6.41. The van der Waals surface area contributed by atoms with Gasteiger partial charge in [-0.2, -0.15) is 0 Å². The van der Waals surface area contributed by atoms with Crippen LogP contribution >= 0.6 is 0 Å². The number of Topliss-reactive ketones (excluding diaryl/α,β-unsaturated/α-hetero) is 1. The van der Waals surface area contributed by atoms with Gasteiger partial charge in [0.05, 0.1) is 19.5 Å². The molecule has 2 aliphatic rings. The summed E-state index contributed by atoms with van der Waals surface area (Å²) in [5, 5.41) is 0. The Morgan fingerprint density at radius 3 is 2.50 bits per heavy atom. The molecule has 2 fully saturated rings. The number of hydrogen-bond donors (Lipinski definition) is 0. The van der Waals surface area contributed by atoms with E-state index in [9.17, 15) is 13.2 Å². The third-order valence-corrected chi connectivity index (χ3v) is 5.96. The summed E-state index contributed by atoms with van der Waals surface area (Å²) in [6, 6.07) is 0. The number of morpholine rings is 1. The first-order valence-electron chi connectivity index (χ1n) is 8.19. The number of nitrogens with zero attached hydrogens (tertiary/aromatic N) is 2. The molecule has 22 heavy (non-hydrogen) atoms. The molecule has 1 unspecified atom stereocenters. The predicted octanol–water partition coefficient (Wildman–Crippen LogP) is 0.586. The highest BCUT2D eigenvalue weighted by molar-refractivity contribution is 7.88. The zero-order chi connectivity index (χ0) is 16.2. The predicted molar refractivity (Wildman–Crippen MR) is 85.2 cm³/mol. The van der Waals surface area contributed by atoms with Crippen molar-refractivity contribution in [3.05, 3.63) is 0 Å². The molecule has 2 rings (SSSR count). The van der Waals surface area contributed by atoms with Crippen LogP contribution in [0.15, 0.2) is 0 Å². The van der Waals surface area contributed by atoms with E-state index in [4.69, 9.17) is 4.74 Å². The van der Waals surface area contributed by atoms with Crippen molar-refractivity contribution in [3.63, 3.8) is 0 Å². The van der Waals surface area contributed by atoms with Gasteiger partial charge in [0, 0.05) is 45.1 Å². The monoisotopic (exact) mass is 332 g/mol. The van der Waals surface area contributed by atoms with Crippen LogP contribution in [0.3, 0.4) is 0 Å². The molecule has 0 radical (unpaired) electrons. The number of sulfonamides is 1. The molecule has 0 N–H and O–H groups in total. The Labute approximate surface area is 133 Å². The van der Waals surface area contributed by atoms with E-state index < -0.39 is 10.0 Å². The maximum absolute atomic E-state index is 12.6. The fraction of sp³-hybridized carbons (Fsp3) is 0.933. The van der Waals surface area contributed by atoms with Crippen LogP contribution in [0.2, 0.25) is 0 Å². The first-order chi connectivity index (χ1) is 10.4. The minimum Gasteiger partial charge on any atom is -0.379 e. The maximum Gasteiger partial charge on any atom is 0.211 e. The minimum atomic E-state index is -3.20. The quantitative estimate of drug-likeness (QED) is 0.682. The van der Waals surface area contributed by atoms with Crippen LogP contribution in [-0.4, -0.2) is 75.6 Å². The summed E-state index contributed by atoms with van der Waals surface area (Å²) in [4.78, 5) is 14.8. The van der Waals surface area contributed by atoms with E-state index in [0.717, 1.165) is 45.7 Å². The van der Waals surface area contributed by atoms with Gasteiger partial charge in [-0.3, -0.25) is 9.69 Å². The van der Waals surface area contributed by atoms with Crippen molar-refractivity contribution in [2.45, 2.75) is 26.2 Å². The van der Waals surface area contributed by atoms with Gasteiger partial charge in [-0.15, -0.1) is 0 Å². The van der Waals surface area contributed by atoms with Gasteiger partial charge in [0.25, 0.3) is 0 Å². The lowest BCUT2D eigenvalue weighted by atomic mass is 9.87. The van der Waals surface area contributed by atoms with Gasteiger partial charge in [-0.1, -0.05) is 13.3 Å². The van der Waals surface area contributed by atoms with Crippen LogP contribution in [0, 0.1) is 11.8 Å². The Morgan fingerprint density at radius 2 is 1.91 bits per heavy atom. The standard InChI is InChI=1S/C15H28N2O4S/c1-3-4-13-11-17(22(2,19)20)12-14(13)15(18)5-6-16-7-9-21-10-8-16/h13-14H,3-12H2,1-2H3/t13-,14?/m0/s1. The van der Waals surface area contributed by atoms with Crippen LogP contribution in [0.4, 0.5) is 0 Å². The number of rotatable bonds is 7. The molecule has 0 bridgehead atoms. The molecule has 0 aromatic carbocycles. The summed E-state index contributed by atoms with van der Waals surface area (Å²) in [7, 11) is -3.20. The van der Waals surface area contributed by atoms with Crippen molar-refractivity contribution in [2.24, 2.45) is 11.8 Å². The molecule has 2 saturated heterocycles. The smallest absolute Gasteiger partial charge is 0.211 e. The van der Waals surface area contributed by atoms with Crippen molar-refractivity contribution >= 4 is 15.8 Å². The van der Waals surface area contributed by atoms with Crippen molar-refractivity contribution in [2.75, 3.05) is 52.2 Å². The van der Waals surface area contributed by atoms with Crippen molar-refractivity contribution in [3.8, 4) is 0 Å². The molecule has 6 nitrogen and oxygen atoms in total. The van der Waals surface area contributed by atoms with Gasteiger partial charge >= 0.3 is 0 Å². The third-order valence-electron chi connectivity index (χ3n) is 4.73. The normalized spacial score (nSPS) is 28.1. The summed E-state index contributed by atoms with van der Waals surface area (Å²) in [6.07, 6.45) is 3.65. The number of carbonyl (C=O) groups excluding carboxylic acids is 1. The highest BCUT2D eigenvalue weighted by atomic mass is 32.2. The lowest BCUT2D eigenvalue weighted by molar-refractivity contribution is -0.124. The van der Waals surface area contributed by atoms with E-state index in [1.165, 1.54) is 10.6 Å². The third kappa shape index (κ3) is 4.75.